The average Bonchev–Trinajstić information content (AvgIpc) is 2.84. The van der Waals surface area contributed by atoms with Crippen LogP contribution in [0.25, 0.3) is 22.3 Å². The lowest BCUT2D eigenvalue weighted by molar-refractivity contribution is 0.0699. The molecule has 0 bridgehead atoms. The Kier molecular flexibility index (Phi) is 5.34. The first-order valence-electron chi connectivity index (χ1n) is 10.7. The molecule has 1 atom stereocenters. The van der Waals surface area contributed by atoms with Crippen molar-refractivity contribution in [3.05, 3.63) is 78.2 Å². The van der Waals surface area contributed by atoms with Gasteiger partial charge in [0.1, 0.15) is 22.8 Å². The van der Waals surface area contributed by atoms with Gasteiger partial charge in [-0.3, -0.25) is 0 Å². The van der Waals surface area contributed by atoms with E-state index in [9.17, 15) is 14.3 Å². The first kappa shape index (κ1) is 20.8. The van der Waals surface area contributed by atoms with Gasteiger partial charge in [0.2, 0.25) is 0 Å². The van der Waals surface area contributed by atoms with Gasteiger partial charge >= 0.3 is 5.97 Å². The summed E-state index contributed by atoms with van der Waals surface area (Å²) >= 11 is 0. The molecule has 1 unspecified atom stereocenters. The summed E-state index contributed by atoms with van der Waals surface area (Å²) in [4.78, 5) is 30.3. The first-order chi connectivity index (χ1) is 16.0. The second-order valence-corrected chi connectivity index (χ2v) is 8.06. The fourth-order valence-electron chi connectivity index (χ4n) is 4.26. The summed E-state index contributed by atoms with van der Waals surface area (Å²) < 4.78 is 13.6. The molecule has 1 N–H and O–H groups in total. The van der Waals surface area contributed by atoms with Crippen LogP contribution in [0.5, 0.6) is 0 Å². The van der Waals surface area contributed by atoms with E-state index in [0.29, 0.717) is 29.1 Å². The van der Waals surface area contributed by atoms with Crippen LogP contribution < -0.4 is 9.80 Å². The summed E-state index contributed by atoms with van der Waals surface area (Å²) in [5.74, 6) is 0.124. The van der Waals surface area contributed by atoms with Gasteiger partial charge in [0.25, 0.3) is 0 Å². The molecule has 0 amide bonds. The Hall–Kier alpha value is -4.07. The number of carbonyl (C=O) groups is 1. The van der Waals surface area contributed by atoms with Gasteiger partial charge in [-0.05, 0) is 55.5 Å². The zero-order valence-electron chi connectivity index (χ0n) is 18.0. The van der Waals surface area contributed by atoms with Crippen molar-refractivity contribution in [3.63, 3.8) is 0 Å². The number of aromatic carboxylic acids is 1. The van der Waals surface area contributed by atoms with Crippen molar-refractivity contribution in [1.29, 1.82) is 0 Å². The molecule has 7 nitrogen and oxygen atoms in total. The van der Waals surface area contributed by atoms with Gasteiger partial charge in [0, 0.05) is 37.4 Å². The molecule has 166 valence electrons. The van der Waals surface area contributed by atoms with Crippen LogP contribution in [0.1, 0.15) is 17.3 Å². The van der Waals surface area contributed by atoms with E-state index in [2.05, 4.69) is 21.7 Å². The van der Waals surface area contributed by atoms with Crippen LogP contribution in [0, 0.1) is 5.82 Å². The monoisotopic (exact) mass is 443 g/mol. The number of hydrogen-bond acceptors (Lipinski definition) is 6. The van der Waals surface area contributed by atoms with Crippen molar-refractivity contribution in [3.8, 4) is 11.3 Å². The van der Waals surface area contributed by atoms with Gasteiger partial charge in [0.05, 0.1) is 11.1 Å². The molecule has 0 spiro atoms. The predicted molar refractivity (Wildman–Crippen MR) is 125 cm³/mol. The predicted octanol–water partition coefficient (Wildman–Crippen LogP) is 4.24. The fourth-order valence-corrected chi connectivity index (χ4v) is 4.26. The standard InChI is InChI=1S/C25H22FN5O2/c1-16-15-30(21-7-2-3-12-27-21)13-14-31(16)24-22(17-8-10-18(26)11-9-17)28-20-6-4-5-19(25(32)33)23(20)29-24/h2-12,16H,13-15H2,1H3,(H,32,33). The average molecular weight is 443 g/mol. The van der Waals surface area contributed by atoms with Gasteiger partial charge in [-0.15, -0.1) is 0 Å². The number of carboxylic acids is 1. The summed E-state index contributed by atoms with van der Waals surface area (Å²) in [6.45, 7) is 4.20. The lowest BCUT2D eigenvalue weighted by Crippen LogP contribution is -2.52. The number of pyridine rings is 1. The highest BCUT2D eigenvalue weighted by molar-refractivity contribution is 6.01. The number of piperazine rings is 1. The Morgan fingerprint density at radius 1 is 1.03 bits per heavy atom. The third-order valence-electron chi connectivity index (χ3n) is 5.90. The molecule has 0 radical (unpaired) electrons. The molecule has 4 aromatic rings. The molecule has 3 heterocycles. The van der Waals surface area contributed by atoms with Crippen LogP contribution in [0.2, 0.25) is 0 Å². The zero-order valence-corrected chi connectivity index (χ0v) is 18.0. The van der Waals surface area contributed by atoms with E-state index in [4.69, 9.17) is 9.97 Å². The third-order valence-corrected chi connectivity index (χ3v) is 5.90. The number of anilines is 2. The number of benzene rings is 2. The molecule has 1 aliphatic rings. The van der Waals surface area contributed by atoms with Gasteiger partial charge in [-0.25, -0.2) is 24.1 Å². The van der Waals surface area contributed by atoms with Crippen molar-refractivity contribution >= 4 is 28.6 Å². The molecule has 2 aromatic heterocycles. The Morgan fingerprint density at radius 3 is 2.55 bits per heavy atom. The van der Waals surface area contributed by atoms with Gasteiger partial charge in [0.15, 0.2) is 5.82 Å². The zero-order chi connectivity index (χ0) is 22.9. The van der Waals surface area contributed by atoms with E-state index >= 15 is 0 Å². The molecule has 33 heavy (non-hydrogen) atoms. The minimum absolute atomic E-state index is 0.0590. The highest BCUT2D eigenvalue weighted by Crippen LogP contribution is 2.33. The van der Waals surface area contributed by atoms with Crippen molar-refractivity contribution in [2.45, 2.75) is 13.0 Å². The molecule has 5 rings (SSSR count). The maximum atomic E-state index is 13.6. The molecule has 1 saturated heterocycles. The van der Waals surface area contributed by atoms with Crippen LogP contribution in [-0.4, -0.2) is 51.7 Å². The number of aromatic nitrogens is 3. The third kappa shape index (κ3) is 3.95. The minimum atomic E-state index is -1.05. The van der Waals surface area contributed by atoms with Crippen LogP contribution >= 0.6 is 0 Å². The Balaban J connectivity index is 1.61. The Labute approximate surface area is 190 Å². The topological polar surface area (TPSA) is 82.5 Å². The van der Waals surface area contributed by atoms with Gasteiger partial charge < -0.3 is 14.9 Å². The highest BCUT2D eigenvalue weighted by atomic mass is 19.1. The molecular weight excluding hydrogens is 421 g/mol. The van der Waals surface area contributed by atoms with Crippen molar-refractivity contribution in [2.75, 3.05) is 29.4 Å². The van der Waals surface area contributed by atoms with Crippen LogP contribution in [0.4, 0.5) is 16.0 Å². The van der Waals surface area contributed by atoms with E-state index in [1.807, 2.05) is 18.2 Å². The number of hydrogen-bond donors (Lipinski definition) is 1. The Morgan fingerprint density at radius 2 is 1.85 bits per heavy atom. The normalized spacial score (nSPS) is 16.2. The molecule has 2 aromatic carbocycles. The summed E-state index contributed by atoms with van der Waals surface area (Å²) in [5, 5.41) is 9.68. The number of fused-ring (bicyclic) bond motifs is 1. The summed E-state index contributed by atoms with van der Waals surface area (Å²) in [5.41, 5.74) is 2.25. The van der Waals surface area contributed by atoms with Crippen molar-refractivity contribution < 1.29 is 14.3 Å². The maximum absolute atomic E-state index is 13.6. The lowest BCUT2D eigenvalue weighted by Gasteiger charge is -2.41. The summed E-state index contributed by atoms with van der Waals surface area (Å²) in [7, 11) is 0. The van der Waals surface area contributed by atoms with Crippen molar-refractivity contribution in [1.82, 2.24) is 15.0 Å². The second kappa shape index (κ2) is 8.46. The quantitative estimate of drug-likeness (QED) is 0.505. The number of halogens is 1. The highest BCUT2D eigenvalue weighted by Gasteiger charge is 2.29. The Bertz CT molecular complexity index is 1310. The lowest BCUT2D eigenvalue weighted by atomic mass is 10.1. The van der Waals surface area contributed by atoms with E-state index in [0.717, 1.165) is 24.5 Å². The van der Waals surface area contributed by atoms with E-state index in [1.165, 1.54) is 18.2 Å². The summed E-state index contributed by atoms with van der Waals surface area (Å²) in [6.07, 6.45) is 1.78. The molecule has 0 saturated carbocycles. The SMILES string of the molecule is CC1CN(c2ccccn2)CCN1c1nc2c(C(=O)O)cccc2nc1-c1ccc(F)cc1. The fraction of sp³-hybridized carbons (Fsp3) is 0.200. The maximum Gasteiger partial charge on any atom is 0.337 e. The molecular formula is C25H22FN5O2. The summed E-state index contributed by atoms with van der Waals surface area (Å²) in [6, 6.07) is 17.0. The second-order valence-electron chi connectivity index (χ2n) is 8.06. The van der Waals surface area contributed by atoms with Gasteiger partial charge in [-0.1, -0.05) is 12.1 Å². The number of rotatable bonds is 4. The van der Waals surface area contributed by atoms with E-state index in [1.54, 1.807) is 30.5 Å². The largest absolute Gasteiger partial charge is 0.478 e. The van der Waals surface area contributed by atoms with Crippen molar-refractivity contribution in [2.24, 2.45) is 0 Å². The smallest absolute Gasteiger partial charge is 0.337 e. The number of para-hydroxylation sites is 1. The number of nitrogens with zero attached hydrogens (tertiary/aromatic N) is 5. The van der Waals surface area contributed by atoms with Crippen LogP contribution in [0.15, 0.2) is 66.9 Å². The molecule has 8 heteroatoms. The molecule has 0 aliphatic carbocycles. The number of carboxylic acid groups (broad SMARTS) is 1. The van der Waals surface area contributed by atoms with E-state index < -0.39 is 5.97 Å². The first-order valence-corrected chi connectivity index (χ1v) is 10.7. The van der Waals surface area contributed by atoms with E-state index in [-0.39, 0.29) is 17.4 Å². The molecule has 1 fully saturated rings. The minimum Gasteiger partial charge on any atom is -0.478 e. The van der Waals surface area contributed by atoms with Gasteiger partial charge in [-0.2, -0.15) is 0 Å². The van der Waals surface area contributed by atoms with Crippen LogP contribution in [-0.2, 0) is 0 Å². The molecule has 1 aliphatic heterocycles. The van der Waals surface area contributed by atoms with Crippen LogP contribution in [0.3, 0.4) is 0 Å².